The van der Waals surface area contributed by atoms with E-state index in [-0.39, 0.29) is 23.7 Å². The van der Waals surface area contributed by atoms with Crippen LogP contribution in [0, 0.1) is 0 Å². The van der Waals surface area contributed by atoms with Crippen LogP contribution in [0.4, 0.5) is 17.5 Å². The average molecular weight is 422 g/mol. The van der Waals surface area contributed by atoms with Crippen LogP contribution in [0.5, 0.6) is 0 Å². The van der Waals surface area contributed by atoms with E-state index in [0.29, 0.717) is 21.7 Å². The lowest BCUT2D eigenvalue weighted by Gasteiger charge is -2.25. The number of aromatic nitrogens is 2. The van der Waals surface area contributed by atoms with Gasteiger partial charge >= 0.3 is 0 Å². The van der Waals surface area contributed by atoms with Crippen molar-refractivity contribution in [3.63, 3.8) is 0 Å². The molecule has 10 heteroatoms. The number of benzene rings is 1. The zero-order chi connectivity index (χ0) is 19.8. The molecule has 2 amide bonds. The second-order valence-electron chi connectivity index (χ2n) is 6.76. The lowest BCUT2D eigenvalue weighted by atomic mass is 9.92. The third-order valence-electron chi connectivity index (χ3n) is 4.85. The van der Waals surface area contributed by atoms with Crippen molar-refractivity contribution in [2.45, 2.75) is 25.2 Å². The van der Waals surface area contributed by atoms with Crippen LogP contribution in [0.15, 0.2) is 23.0 Å². The maximum absolute atomic E-state index is 12.8. The fraction of sp³-hybridized carbons (Fsp3) is 0.333. The molecular weight excluding hydrogens is 405 g/mol. The predicted molar refractivity (Wildman–Crippen MR) is 107 cm³/mol. The van der Waals surface area contributed by atoms with Gasteiger partial charge in [-0.25, -0.2) is 0 Å². The third kappa shape index (κ3) is 3.57. The van der Waals surface area contributed by atoms with Crippen molar-refractivity contribution in [1.29, 1.82) is 0 Å². The van der Waals surface area contributed by atoms with Crippen LogP contribution in [0.2, 0.25) is 10.0 Å². The third-order valence-corrected chi connectivity index (χ3v) is 5.41. The Morgan fingerprint density at radius 3 is 2.71 bits per heavy atom. The molecule has 146 valence electrons. The molecule has 2 aliphatic heterocycles. The molecule has 0 spiro atoms. The Balaban J connectivity index is 1.68. The summed E-state index contributed by atoms with van der Waals surface area (Å²) in [6.45, 7) is 1.57. The van der Waals surface area contributed by atoms with Crippen molar-refractivity contribution in [2.24, 2.45) is 0 Å². The first-order valence-corrected chi connectivity index (χ1v) is 9.63. The predicted octanol–water partition coefficient (Wildman–Crippen LogP) is 2.74. The molecule has 8 nitrogen and oxygen atoms in total. The first-order valence-electron chi connectivity index (χ1n) is 8.87. The second-order valence-corrected chi connectivity index (χ2v) is 7.61. The number of carbonyl (C=O) groups excluding carboxylic acids is 2. The topological polar surface area (TPSA) is 107 Å². The molecule has 2 aromatic rings. The van der Waals surface area contributed by atoms with Gasteiger partial charge in [0.25, 0.3) is 5.56 Å². The van der Waals surface area contributed by atoms with E-state index < -0.39 is 17.4 Å². The summed E-state index contributed by atoms with van der Waals surface area (Å²) < 4.78 is 0. The minimum absolute atomic E-state index is 0.124. The number of halogens is 2. The Morgan fingerprint density at radius 2 is 1.96 bits per heavy atom. The van der Waals surface area contributed by atoms with Crippen molar-refractivity contribution in [3.8, 4) is 0 Å². The van der Waals surface area contributed by atoms with Crippen molar-refractivity contribution in [2.75, 3.05) is 28.6 Å². The van der Waals surface area contributed by atoms with Gasteiger partial charge in [-0.2, -0.15) is 4.98 Å². The molecule has 1 atom stereocenters. The summed E-state index contributed by atoms with van der Waals surface area (Å²) in [6.07, 6.45) is 1.86. The Bertz CT molecular complexity index is 1020. The van der Waals surface area contributed by atoms with E-state index in [1.807, 2.05) is 4.90 Å². The number of carbonyl (C=O) groups is 2. The monoisotopic (exact) mass is 421 g/mol. The van der Waals surface area contributed by atoms with Crippen LogP contribution >= 0.6 is 23.2 Å². The molecule has 1 fully saturated rings. The van der Waals surface area contributed by atoms with E-state index >= 15 is 0 Å². The molecule has 2 aliphatic rings. The summed E-state index contributed by atoms with van der Waals surface area (Å²) in [5.74, 6) is -1.36. The van der Waals surface area contributed by atoms with Crippen molar-refractivity contribution in [3.05, 3.63) is 44.2 Å². The van der Waals surface area contributed by atoms with Gasteiger partial charge in [-0.3, -0.25) is 19.4 Å². The SMILES string of the molecule is O=C1C[C@H](C(=O)Nc2cc(Cl)ccc2Cl)c2c(nc(N3CCCC3)[nH]c2=O)N1. The molecule has 1 aromatic heterocycles. The van der Waals surface area contributed by atoms with E-state index in [1.165, 1.54) is 6.07 Å². The maximum Gasteiger partial charge on any atom is 0.258 e. The van der Waals surface area contributed by atoms with Gasteiger partial charge in [-0.1, -0.05) is 23.2 Å². The zero-order valence-corrected chi connectivity index (χ0v) is 16.2. The van der Waals surface area contributed by atoms with Gasteiger partial charge in [0.2, 0.25) is 17.8 Å². The quantitative estimate of drug-likeness (QED) is 0.705. The van der Waals surface area contributed by atoms with Crippen LogP contribution in [0.25, 0.3) is 0 Å². The summed E-state index contributed by atoms with van der Waals surface area (Å²) in [7, 11) is 0. The number of H-pyrrole nitrogens is 1. The molecule has 28 heavy (non-hydrogen) atoms. The Labute approximate surface area is 170 Å². The van der Waals surface area contributed by atoms with Gasteiger partial charge in [0, 0.05) is 24.5 Å². The average Bonchev–Trinajstić information content (AvgIpc) is 3.18. The fourth-order valence-electron chi connectivity index (χ4n) is 3.48. The number of nitrogens with zero attached hydrogens (tertiary/aromatic N) is 2. The first kappa shape index (κ1) is 18.8. The highest BCUT2D eigenvalue weighted by atomic mass is 35.5. The number of amides is 2. The van der Waals surface area contributed by atoms with Crippen molar-refractivity contribution in [1.82, 2.24) is 9.97 Å². The molecule has 1 aromatic carbocycles. The summed E-state index contributed by atoms with van der Waals surface area (Å²) in [5.41, 5.74) is 0.00668. The minimum Gasteiger partial charge on any atom is -0.342 e. The second kappa shape index (κ2) is 7.44. The van der Waals surface area contributed by atoms with Crippen molar-refractivity contribution >= 4 is 52.5 Å². The van der Waals surface area contributed by atoms with E-state index in [2.05, 4.69) is 20.6 Å². The number of rotatable bonds is 3. The van der Waals surface area contributed by atoms with Crippen LogP contribution in [-0.4, -0.2) is 34.9 Å². The number of nitrogens with one attached hydrogen (secondary N) is 3. The van der Waals surface area contributed by atoms with Gasteiger partial charge in [0.05, 0.1) is 22.2 Å². The largest absolute Gasteiger partial charge is 0.342 e. The number of anilines is 3. The summed E-state index contributed by atoms with van der Waals surface area (Å²) in [6, 6.07) is 4.65. The van der Waals surface area contributed by atoms with Gasteiger partial charge in [0.15, 0.2) is 0 Å². The van der Waals surface area contributed by atoms with Crippen LogP contribution in [0.1, 0.15) is 30.7 Å². The Hall–Kier alpha value is -2.58. The number of hydrogen-bond acceptors (Lipinski definition) is 5. The number of hydrogen-bond donors (Lipinski definition) is 3. The highest BCUT2D eigenvalue weighted by Crippen LogP contribution is 2.32. The van der Waals surface area contributed by atoms with Crippen molar-refractivity contribution < 1.29 is 9.59 Å². The van der Waals surface area contributed by atoms with Gasteiger partial charge < -0.3 is 15.5 Å². The maximum atomic E-state index is 12.8. The molecule has 0 saturated carbocycles. The van der Waals surface area contributed by atoms with Gasteiger partial charge in [-0.15, -0.1) is 0 Å². The highest BCUT2D eigenvalue weighted by Gasteiger charge is 2.35. The van der Waals surface area contributed by atoms with E-state index in [9.17, 15) is 14.4 Å². The zero-order valence-electron chi connectivity index (χ0n) is 14.7. The number of aromatic amines is 1. The number of fused-ring (bicyclic) bond motifs is 1. The summed E-state index contributed by atoms with van der Waals surface area (Å²) in [4.78, 5) is 46.8. The van der Waals surface area contributed by atoms with Crippen LogP contribution in [-0.2, 0) is 9.59 Å². The minimum atomic E-state index is -0.984. The smallest absolute Gasteiger partial charge is 0.258 e. The summed E-state index contributed by atoms with van der Waals surface area (Å²) >= 11 is 12.0. The highest BCUT2D eigenvalue weighted by molar-refractivity contribution is 6.35. The van der Waals surface area contributed by atoms with E-state index in [4.69, 9.17) is 23.2 Å². The Morgan fingerprint density at radius 1 is 1.21 bits per heavy atom. The Kier molecular flexibility index (Phi) is 4.99. The lowest BCUT2D eigenvalue weighted by molar-refractivity contribution is -0.123. The van der Waals surface area contributed by atoms with Crippen LogP contribution < -0.4 is 21.1 Å². The van der Waals surface area contributed by atoms with E-state index in [0.717, 1.165) is 25.9 Å². The summed E-state index contributed by atoms with van der Waals surface area (Å²) in [5, 5.41) is 5.96. The van der Waals surface area contributed by atoms with Gasteiger partial charge in [-0.05, 0) is 31.0 Å². The first-order chi connectivity index (χ1) is 13.4. The molecule has 3 N–H and O–H groups in total. The molecule has 3 heterocycles. The molecule has 1 saturated heterocycles. The fourth-order valence-corrected chi connectivity index (χ4v) is 3.81. The standard InChI is InChI=1S/C18H17Cl2N5O3/c19-9-3-4-11(20)12(7-9)21-16(27)10-8-13(26)22-15-14(10)17(28)24-18(23-15)25-5-1-2-6-25/h3-4,7,10H,1-2,5-6,8H2,(H,21,27)(H2,22,23,24,26,28)/t10-/m0/s1. The van der Waals surface area contributed by atoms with E-state index in [1.54, 1.807) is 12.1 Å². The lowest BCUT2D eigenvalue weighted by Crippen LogP contribution is -2.37. The molecule has 0 bridgehead atoms. The molecule has 0 aliphatic carbocycles. The van der Waals surface area contributed by atoms with Gasteiger partial charge in [0.1, 0.15) is 5.82 Å². The molecule has 0 radical (unpaired) electrons. The molecule has 4 rings (SSSR count). The normalized spacial score (nSPS) is 18.6. The molecular formula is C18H17Cl2N5O3. The molecule has 0 unspecified atom stereocenters. The van der Waals surface area contributed by atoms with Crippen LogP contribution in [0.3, 0.4) is 0 Å².